The van der Waals surface area contributed by atoms with Gasteiger partial charge in [-0.1, -0.05) is 13.8 Å². The summed E-state index contributed by atoms with van der Waals surface area (Å²) in [5.41, 5.74) is -0.566. The van der Waals surface area contributed by atoms with Gasteiger partial charge in [0.2, 0.25) is 5.91 Å². The van der Waals surface area contributed by atoms with Crippen LogP contribution in [0.5, 0.6) is 0 Å². The molecule has 2 fully saturated rings. The van der Waals surface area contributed by atoms with Crippen LogP contribution in [0.3, 0.4) is 0 Å². The Hall–Kier alpha value is -2.60. The first-order valence-corrected chi connectivity index (χ1v) is 11.0. The summed E-state index contributed by atoms with van der Waals surface area (Å²) in [4.78, 5) is 31.2. The molecule has 1 aromatic rings. The molecule has 3 rings (SSSR count). The van der Waals surface area contributed by atoms with Gasteiger partial charge >= 0.3 is 6.18 Å². The maximum Gasteiger partial charge on any atom is 0.416 e. The fourth-order valence-corrected chi connectivity index (χ4v) is 4.44. The minimum absolute atomic E-state index is 0.0873. The molecule has 6 nitrogen and oxygen atoms in total. The number of carbonyl (C=O) groups excluding carboxylic acids is 2. The number of halogens is 3. The number of alkyl halides is 3. The zero-order valence-corrected chi connectivity index (χ0v) is 18.4. The highest BCUT2D eigenvalue weighted by molar-refractivity contribution is 5.94. The number of nitrogens with zero attached hydrogens (tertiary/aromatic N) is 4. The van der Waals surface area contributed by atoms with E-state index in [1.807, 2.05) is 18.7 Å². The second-order valence-electron chi connectivity index (χ2n) is 8.82. The molecule has 1 atom stereocenters. The van der Waals surface area contributed by atoms with E-state index in [0.29, 0.717) is 52.1 Å². The van der Waals surface area contributed by atoms with Crippen LogP contribution in [-0.4, -0.2) is 71.8 Å². The standard InChI is InChI=1S/C23H29F3N4O2/c1-16(2)20(15-27)28-11-13-30(14-12-28)22(32)18-7-9-29(10-8-18)21(31)17-3-5-19(6-4-17)23(24,25)26/h3-6,16,18,20H,7-14H2,1-2H3. The molecule has 0 saturated carbocycles. The van der Waals surface area contributed by atoms with Gasteiger partial charge in [0, 0.05) is 50.7 Å². The number of piperidine rings is 1. The van der Waals surface area contributed by atoms with Crippen LogP contribution in [-0.2, 0) is 11.0 Å². The highest BCUT2D eigenvalue weighted by Gasteiger charge is 2.34. The summed E-state index contributed by atoms with van der Waals surface area (Å²) in [6, 6.07) is 6.44. The smallest absolute Gasteiger partial charge is 0.340 e. The molecule has 0 bridgehead atoms. The van der Waals surface area contributed by atoms with Gasteiger partial charge in [-0.3, -0.25) is 14.5 Å². The molecule has 32 heavy (non-hydrogen) atoms. The number of benzene rings is 1. The molecule has 1 aromatic carbocycles. The molecule has 0 aromatic heterocycles. The van der Waals surface area contributed by atoms with Crippen LogP contribution in [0.1, 0.15) is 42.6 Å². The Morgan fingerprint density at radius 2 is 1.53 bits per heavy atom. The van der Waals surface area contributed by atoms with Crippen molar-refractivity contribution in [3.8, 4) is 6.07 Å². The molecule has 2 amide bonds. The molecular weight excluding hydrogens is 421 g/mol. The summed E-state index contributed by atoms with van der Waals surface area (Å²) >= 11 is 0. The Morgan fingerprint density at radius 3 is 2.00 bits per heavy atom. The van der Waals surface area contributed by atoms with Gasteiger partial charge in [-0.25, -0.2) is 0 Å². The predicted octanol–water partition coefficient (Wildman–Crippen LogP) is 3.25. The summed E-state index contributed by atoms with van der Waals surface area (Å²) < 4.78 is 38.1. The lowest BCUT2D eigenvalue weighted by Gasteiger charge is -2.40. The van der Waals surface area contributed by atoms with Crippen LogP contribution in [0, 0.1) is 23.2 Å². The third-order valence-electron chi connectivity index (χ3n) is 6.37. The van der Waals surface area contributed by atoms with Crippen molar-refractivity contribution < 1.29 is 22.8 Å². The van der Waals surface area contributed by atoms with Crippen LogP contribution in [0.15, 0.2) is 24.3 Å². The van der Waals surface area contributed by atoms with Gasteiger partial charge in [-0.15, -0.1) is 0 Å². The van der Waals surface area contributed by atoms with E-state index >= 15 is 0 Å². The lowest BCUT2D eigenvalue weighted by molar-refractivity contribution is -0.139. The number of hydrogen-bond donors (Lipinski definition) is 0. The molecule has 2 heterocycles. The molecule has 2 saturated heterocycles. The fraction of sp³-hybridized carbons (Fsp3) is 0.609. The normalized spacial score (nSPS) is 19.7. The van der Waals surface area contributed by atoms with Crippen LogP contribution in [0.2, 0.25) is 0 Å². The SMILES string of the molecule is CC(C)C(C#N)N1CCN(C(=O)C2CCN(C(=O)c3ccc(C(F)(F)F)cc3)CC2)CC1. The Morgan fingerprint density at radius 1 is 0.969 bits per heavy atom. The van der Waals surface area contributed by atoms with Crippen LogP contribution in [0.4, 0.5) is 13.2 Å². The maximum absolute atomic E-state index is 12.9. The largest absolute Gasteiger partial charge is 0.416 e. The molecule has 9 heteroatoms. The van der Waals surface area contributed by atoms with Gasteiger partial charge in [-0.2, -0.15) is 18.4 Å². The van der Waals surface area contributed by atoms with E-state index in [4.69, 9.17) is 0 Å². The third kappa shape index (κ3) is 5.41. The molecule has 174 valence electrons. The van der Waals surface area contributed by atoms with E-state index in [1.54, 1.807) is 4.90 Å². The van der Waals surface area contributed by atoms with Gasteiger partial charge in [0.15, 0.2) is 0 Å². The Kier molecular flexibility index (Phi) is 7.44. The van der Waals surface area contributed by atoms with E-state index in [0.717, 1.165) is 12.1 Å². The maximum atomic E-state index is 12.9. The van der Waals surface area contributed by atoms with Gasteiger partial charge in [0.05, 0.1) is 11.6 Å². The second kappa shape index (κ2) is 9.90. The number of carbonyl (C=O) groups is 2. The summed E-state index contributed by atoms with van der Waals surface area (Å²) in [7, 11) is 0. The fourth-order valence-electron chi connectivity index (χ4n) is 4.44. The molecule has 1 unspecified atom stereocenters. The van der Waals surface area contributed by atoms with Crippen molar-refractivity contribution in [1.29, 1.82) is 5.26 Å². The Labute approximate surface area is 186 Å². The highest BCUT2D eigenvalue weighted by Crippen LogP contribution is 2.29. The van der Waals surface area contributed by atoms with Crippen molar-refractivity contribution in [1.82, 2.24) is 14.7 Å². The Balaban J connectivity index is 1.50. The van der Waals surface area contributed by atoms with Crippen LogP contribution in [0.25, 0.3) is 0 Å². The van der Waals surface area contributed by atoms with E-state index in [2.05, 4.69) is 11.0 Å². The number of piperazine rings is 1. The number of amides is 2. The van der Waals surface area contributed by atoms with Gasteiger partial charge in [0.1, 0.15) is 6.04 Å². The van der Waals surface area contributed by atoms with Crippen LogP contribution >= 0.6 is 0 Å². The van der Waals surface area contributed by atoms with E-state index in [1.165, 1.54) is 12.1 Å². The van der Waals surface area contributed by atoms with Crippen molar-refractivity contribution in [3.05, 3.63) is 35.4 Å². The summed E-state index contributed by atoms with van der Waals surface area (Å²) in [5.74, 6) is -0.150. The first-order chi connectivity index (χ1) is 15.1. The second-order valence-corrected chi connectivity index (χ2v) is 8.82. The summed E-state index contributed by atoms with van der Waals surface area (Å²) in [6.45, 7) is 7.38. The Bertz CT molecular complexity index is 847. The van der Waals surface area contributed by atoms with Crippen molar-refractivity contribution in [2.75, 3.05) is 39.3 Å². The molecule has 2 aliphatic rings. The lowest BCUT2D eigenvalue weighted by atomic mass is 9.94. The number of hydrogen-bond acceptors (Lipinski definition) is 4. The average Bonchev–Trinajstić information content (AvgIpc) is 2.78. The number of rotatable bonds is 4. The molecule has 0 aliphatic carbocycles. The number of likely N-dealkylation sites (tertiary alicyclic amines) is 1. The van der Waals surface area contributed by atoms with Crippen molar-refractivity contribution in [2.45, 2.75) is 38.9 Å². The van der Waals surface area contributed by atoms with E-state index in [-0.39, 0.29) is 35.3 Å². The third-order valence-corrected chi connectivity index (χ3v) is 6.37. The quantitative estimate of drug-likeness (QED) is 0.706. The molecular formula is C23H29F3N4O2. The van der Waals surface area contributed by atoms with Gasteiger partial charge in [0.25, 0.3) is 5.91 Å². The summed E-state index contributed by atoms with van der Waals surface area (Å²) in [5, 5.41) is 9.37. The number of nitriles is 1. The topological polar surface area (TPSA) is 67.7 Å². The average molecular weight is 451 g/mol. The van der Waals surface area contributed by atoms with Crippen molar-refractivity contribution in [3.63, 3.8) is 0 Å². The molecule has 0 N–H and O–H groups in total. The van der Waals surface area contributed by atoms with E-state index in [9.17, 15) is 28.0 Å². The minimum Gasteiger partial charge on any atom is -0.340 e. The lowest BCUT2D eigenvalue weighted by Crippen LogP contribution is -2.54. The summed E-state index contributed by atoms with van der Waals surface area (Å²) in [6.07, 6.45) is -3.35. The predicted molar refractivity (Wildman–Crippen MR) is 112 cm³/mol. The first-order valence-electron chi connectivity index (χ1n) is 11.0. The van der Waals surface area contributed by atoms with E-state index < -0.39 is 11.7 Å². The zero-order valence-electron chi connectivity index (χ0n) is 18.4. The van der Waals surface area contributed by atoms with Gasteiger partial charge < -0.3 is 9.80 Å². The van der Waals surface area contributed by atoms with Crippen molar-refractivity contribution in [2.24, 2.45) is 11.8 Å². The monoisotopic (exact) mass is 450 g/mol. The van der Waals surface area contributed by atoms with Gasteiger partial charge in [-0.05, 0) is 43.0 Å². The zero-order chi connectivity index (χ0) is 23.5. The van der Waals surface area contributed by atoms with Crippen molar-refractivity contribution >= 4 is 11.8 Å². The van der Waals surface area contributed by atoms with Crippen LogP contribution < -0.4 is 0 Å². The molecule has 2 aliphatic heterocycles. The highest BCUT2D eigenvalue weighted by atomic mass is 19.4. The molecule has 0 radical (unpaired) electrons. The first kappa shape index (κ1) is 24.1. The minimum atomic E-state index is -4.43. The molecule has 0 spiro atoms.